The number of hydrogen-bond donors (Lipinski definition) is 1. The molecule has 21 heavy (non-hydrogen) atoms. The third kappa shape index (κ3) is 2.57. The van der Waals surface area contributed by atoms with E-state index in [1.165, 1.54) is 0 Å². The maximum atomic E-state index is 12.3. The average Bonchev–Trinajstić information content (AvgIpc) is 2.48. The Kier molecular flexibility index (Phi) is 3.52. The van der Waals surface area contributed by atoms with E-state index in [0.29, 0.717) is 6.42 Å². The van der Waals surface area contributed by atoms with Crippen LogP contribution in [-0.4, -0.2) is 16.8 Å². The molecule has 1 saturated heterocycles. The first kappa shape index (κ1) is 13.5. The maximum Gasteiger partial charge on any atom is 0.234 e. The Morgan fingerprint density at radius 2 is 1.90 bits per heavy atom. The van der Waals surface area contributed by atoms with Gasteiger partial charge in [0.05, 0.1) is 5.92 Å². The van der Waals surface area contributed by atoms with Crippen LogP contribution in [0, 0.1) is 6.92 Å². The highest BCUT2D eigenvalue weighted by atomic mass is 16.2. The van der Waals surface area contributed by atoms with Crippen molar-refractivity contribution in [2.45, 2.75) is 25.2 Å². The number of nitrogens with zero attached hydrogens (tertiary/aromatic N) is 1. The van der Waals surface area contributed by atoms with E-state index < -0.39 is 0 Å². The molecule has 106 valence electrons. The quantitative estimate of drug-likeness (QED) is 0.859. The molecule has 4 nitrogen and oxygen atoms in total. The Labute approximate surface area is 123 Å². The minimum atomic E-state index is -0.355. The minimum absolute atomic E-state index is 0.164. The predicted molar refractivity (Wildman–Crippen MR) is 78.7 cm³/mol. The molecular weight excluding hydrogens is 264 g/mol. The summed E-state index contributed by atoms with van der Waals surface area (Å²) in [5.74, 6) is -0.972. The standard InChI is InChI=1S/C17H16N2O2/c1-11-7-8-18-10-14(11)13-9-15(20)19-17(21)16(13)12-5-3-2-4-6-12/h2-8,10,13,16H,9H2,1H3,(H,19,20,21). The van der Waals surface area contributed by atoms with Crippen LogP contribution in [0.4, 0.5) is 0 Å². The molecule has 1 fully saturated rings. The van der Waals surface area contributed by atoms with E-state index in [9.17, 15) is 9.59 Å². The molecule has 2 amide bonds. The summed E-state index contributed by atoms with van der Waals surface area (Å²) < 4.78 is 0. The van der Waals surface area contributed by atoms with Gasteiger partial charge in [-0.3, -0.25) is 19.9 Å². The maximum absolute atomic E-state index is 12.3. The number of imide groups is 1. The molecule has 0 saturated carbocycles. The van der Waals surface area contributed by atoms with Crippen molar-refractivity contribution in [3.8, 4) is 0 Å². The van der Waals surface area contributed by atoms with Crippen molar-refractivity contribution < 1.29 is 9.59 Å². The SMILES string of the molecule is Cc1ccncc1C1CC(=O)NC(=O)C1c1ccccc1. The number of aromatic nitrogens is 1. The van der Waals surface area contributed by atoms with E-state index in [2.05, 4.69) is 10.3 Å². The highest BCUT2D eigenvalue weighted by molar-refractivity contribution is 6.02. The summed E-state index contributed by atoms with van der Waals surface area (Å²) in [6.45, 7) is 1.98. The zero-order chi connectivity index (χ0) is 14.8. The highest BCUT2D eigenvalue weighted by Gasteiger charge is 2.38. The number of piperidine rings is 1. The summed E-state index contributed by atoms with van der Waals surface area (Å²) in [7, 11) is 0. The normalized spacial score (nSPS) is 22.0. The second-order valence-corrected chi connectivity index (χ2v) is 5.34. The molecule has 0 aliphatic carbocycles. The van der Waals surface area contributed by atoms with Gasteiger partial charge in [0.1, 0.15) is 0 Å². The Hall–Kier alpha value is -2.49. The Morgan fingerprint density at radius 1 is 1.14 bits per heavy atom. The molecule has 2 unspecified atom stereocenters. The van der Waals surface area contributed by atoms with Crippen LogP contribution in [0.15, 0.2) is 48.8 Å². The average molecular weight is 280 g/mol. The molecule has 1 aliphatic rings. The fourth-order valence-corrected chi connectivity index (χ4v) is 2.96. The van der Waals surface area contributed by atoms with E-state index in [-0.39, 0.29) is 23.7 Å². The summed E-state index contributed by atoms with van der Waals surface area (Å²) in [5, 5.41) is 2.45. The Bertz CT molecular complexity index is 682. The van der Waals surface area contributed by atoms with Crippen LogP contribution in [0.1, 0.15) is 34.9 Å². The fourth-order valence-electron chi connectivity index (χ4n) is 2.96. The van der Waals surface area contributed by atoms with Crippen molar-refractivity contribution in [3.63, 3.8) is 0 Å². The first-order valence-electron chi connectivity index (χ1n) is 6.96. The highest BCUT2D eigenvalue weighted by Crippen LogP contribution is 2.39. The van der Waals surface area contributed by atoms with E-state index in [4.69, 9.17) is 0 Å². The molecule has 1 N–H and O–H groups in total. The summed E-state index contributed by atoms with van der Waals surface area (Å²) >= 11 is 0. The molecule has 0 bridgehead atoms. The van der Waals surface area contributed by atoms with Crippen molar-refractivity contribution in [1.82, 2.24) is 10.3 Å². The molecule has 2 heterocycles. The van der Waals surface area contributed by atoms with Gasteiger partial charge in [-0.1, -0.05) is 30.3 Å². The summed E-state index contributed by atoms with van der Waals surface area (Å²) in [5.41, 5.74) is 2.95. The lowest BCUT2D eigenvalue weighted by molar-refractivity contribution is -0.135. The lowest BCUT2D eigenvalue weighted by Crippen LogP contribution is -2.43. The number of amides is 2. The van der Waals surface area contributed by atoms with Gasteiger partial charge in [0.15, 0.2) is 0 Å². The number of rotatable bonds is 2. The molecule has 1 aliphatic heterocycles. The predicted octanol–water partition coefficient (Wildman–Crippen LogP) is 2.30. The largest absolute Gasteiger partial charge is 0.296 e. The van der Waals surface area contributed by atoms with Gasteiger partial charge < -0.3 is 0 Å². The molecule has 3 rings (SSSR count). The molecule has 1 aromatic heterocycles. The summed E-state index contributed by atoms with van der Waals surface area (Å²) in [6.07, 6.45) is 3.79. The molecule has 2 aromatic rings. The van der Waals surface area contributed by atoms with Crippen molar-refractivity contribution in [1.29, 1.82) is 0 Å². The lowest BCUT2D eigenvalue weighted by atomic mass is 9.76. The number of carbonyl (C=O) groups is 2. The van der Waals surface area contributed by atoms with Gasteiger partial charge in [-0.2, -0.15) is 0 Å². The summed E-state index contributed by atoms with van der Waals surface area (Å²) in [4.78, 5) is 28.3. The third-order valence-corrected chi connectivity index (χ3v) is 3.99. The van der Waals surface area contributed by atoms with Crippen molar-refractivity contribution in [3.05, 3.63) is 65.5 Å². The zero-order valence-electron chi connectivity index (χ0n) is 11.7. The second kappa shape index (κ2) is 5.48. The monoisotopic (exact) mass is 280 g/mol. The Morgan fingerprint density at radius 3 is 2.62 bits per heavy atom. The zero-order valence-corrected chi connectivity index (χ0v) is 11.7. The van der Waals surface area contributed by atoms with Gasteiger partial charge in [-0.05, 0) is 29.7 Å². The van der Waals surface area contributed by atoms with Gasteiger partial charge in [-0.25, -0.2) is 0 Å². The van der Waals surface area contributed by atoms with Crippen LogP contribution in [0.5, 0.6) is 0 Å². The van der Waals surface area contributed by atoms with E-state index in [1.807, 2.05) is 43.3 Å². The minimum Gasteiger partial charge on any atom is -0.296 e. The van der Waals surface area contributed by atoms with Crippen LogP contribution < -0.4 is 5.32 Å². The van der Waals surface area contributed by atoms with Crippen LogP contribution in [-0.2, 0) is 9.59 Å². The smallest absolute Gasteiger partial charge is 0.234 e. The van der Waals surface area contributed by atoms with Crippen molar-refractivity contribution in [2.75, 3.05) is 0 Å². The second-order valence-electron chi connectivity index (χ2n) is 5.34. The van der Waals surface area contributed by atoms with Gasteiger partial charge in [0.2, 0.25) is 11.8 Å². The van der Waals surface area contributed by atoms with E-state index in [0.717, 1.165) is 16.7 Å². The van der Waals surface area contributed by atoms with E-state index in [1.54, 1.807) is 12.4 Å². The number of aryl methyl sites for hydroxylation is 1. The van der Waals surface area contributed by atoms with Crippen LogP contribution in [0.25, 0.3) is 0 Å². The number of benzene rings is 1. The molecule has 1 aromatic carbocycles. The van der Waals surface area contributed by atoms with Crippen LogP contribution >= 0.6 is 0 Å². The first-order valence-corrected chi connectivity index (χ1v) is 6.96. The Balaban J connectivity index is 2.08. The van der Waals surface area contributed by atoms with Gasteiger partial charge >= 0.3 is 0 Å². The van der Waals surface area contributed by atoms with E-state index >= 15 is 0 Å². The van der Waals surface area contributed by atoms with Gasteiger partial charge in [-0.15, -0.1) is 0 Å². The van der Waals surface area contributed by atoms with Crippen molar-refractivity contribution in [2.24, 2.45) is 0 Å². The fraction of sp³-hybridized carbons (Fsp3) is 0.235. The number of carbonyl (C=O) groups excluding carboxylic acids is 2. The molecule has 2 atom stereocenters. The molecule has 0 spiro atoms. The molecular formula is C17H16N2O2. The summed E-state index contributed by atoms with van der Waals surface area (Å²) in [6, 6.07) is 11.5. The van der Waals surface area contributed by atoms with Crippen LogP contribution in [0.2, 0.25) is 0 Å². The molecule has 4 heteroatoms. The van der Waals surface area contributed by atoms with Crippen molar-refractivity contribution >= 4 is 11.8 Å². The number of nitrogens with one attached hydrogen (secondary N) is 1. The third-order valence-electron chi connectivity index (χ3n) is 3.99. The van der Waals surface area contributed by atoms with Gasteiger partial charge in [0, 0.05) is 24.7 Å². The number of pyridine rings is 1. The number of hydrogen-bond acceptors (Lipinski definition) is 3. The van der Waals surface area contributed by atoms with Gasteiger partial charge in [0.25, 0.3) is 0 Å². The molecule has 0 radical (unpaired) electrons. The first-order chi connectivity index (χ1) is 10.2. The lowest BCUT2D eigenvalue weighted by Gasteiger charge is -2.31. The van der Waals surface area contributed by atoms with Crippen LogP contribution in [0.3, 0.4) is 0 Å². The topological polar surface area (TPSA) is 59.1 Å².